The van der Waals surface area contributed by atoms with Crippen molar-refractivity contribution in [3.05, 3.63) is 35.1 Å². The summed E-state index contributed by atoms with van der Waals surface area (Å²) in [5.74, 6) is 0. The molecule has 0 amide bonds. The van der Waals surface area contributed by atoms with E-state index in [0.29, 0.717) is 0 Å². The topological polar surface area (TPSA) is 77.1 Å². The van der Waals surface area contributed by atoms with E-state index in [-0.39, 0.29) is 5.69 Å². The van der Waals surface area contributed by atoms with Gasteiger partial charge in [0.25, 0.3) is 0 Å². The Morgan fingerprint density at radius 1 is 1.12 bits per heavy atom. The van der Waals surface area contributed by atoms with Crippen LogP contribution in [-0.2, 0) is 9.47 Å². The third kappa shape index (κ3) is 3.61. The summed E-state index contributed by atoms with van der Waals surface area (Å²) in [7, 11) is 0. The van der Waals surface area contributed by atoms with Crippen molar-refractivity contribution in [3.63, 3.8) is 0 Å². The van der Waals surface area contributed by atoms with Crippen LogP contribution in [0.1, 0.15) is 0 Å². The Labute approximate surface area is 97.6 Å². The first-order valence-electron chi connectivity index (χ1n) is 5.31. The zero-order chi connectivity index (χ0) is 11.9. The number of nitrogens with zero attached hydrogens (tertiary/aromatic N) is 2. The average Bonchev–Trinajstić information content (AvgIpc) is 2.41. The van der Waals surface area contributed by atoms with Gasteiger partial charge in [-0.3, -0.25) is 4.98 Å². The molecule has 2 aromatic rings. The van der Waals surface area contributed by atoms with Gasteiger partial charge >= 0.3 is 5.69 Å². The highest BCUT2D eigenvalue weighted by Gasteiger charge is 1.94. The van der Waals surface area contributed by atoms with Crippen molar-refractivity contribution in [1.82, 2.24) is 15.0 Å². The zero-order valence-corrected chi connectivity index (χ0v) is 9.26. The summed E-state index contributed by atoms with van der Waals surface area (Å²) in [5.41, 5.74) is 0.434. The molecule has 1 fully saturated rings. The van der Waals surface area contributed by atoms with E-state index in [1.807, 2.05) is 0 Å². The van der Waals surface area contributed by atoms with Crippen LogP contribution in [-0.4, -0.2) is 41.4 Å². The first-order chi connectivity index (χ1) is 8.36. The van der Waals surface area contributed by atoms with Crippen LogP contribution in [0, 0.1) is 0 Å². The molecule has 90 valence electrons. The van der Waals surface area contributed by atoms with Gasteiger partial charge in [0.15, 0.2) is 0 Å². The van der Waals surface area contributed by atoms with Crippen LogP contribution in [0.25, 0.3) is 10.9 Å². The molecule has 1 aliphatic rings. The first kappa shape index (κ1) is 11.7. The smallest absolute Gasteiger partial charge is 0.345 e. The van der Waals surface area contributed by atoms with Crippen molar-refractivity contribution in [2.75, 3.05) is 26.4 Å². The number of aromatic nitrogens is 3. The van der Waals surface area contributed by atoms with Gasteiger partial charge in [0.05, 0.1) is 31.9 Å². The fourth-order valence-corrected chi connectivity index (χ4v) is 1.34. The Bertz CT molecular complexity index is 511. The van der Waals surface area contributed by atoms with E-state index >= 15 is 0 Å². The van der Waals surface area contributed by atoms with Gasteiger partial charge in [0, 0.05) is 24.0 Å². The largest absolute Gasteiger partial charge is 0.377 e. The third-order valence-electron chi connectivity index (χ3n) is 2.16. The number of rotatable bonds is 0. The molecule has 0 bridgehead atoms. The number of fused-ring (bicyclic) bond motifs is 1. The standard InChI is InChI=1S/C7H5N3O.C4H8O2/c11-7-9-4-5-3-8-2-1-6(5)10-7;1-2-6-4-3-5-1/h1-4H,(H,9,10,11);1-4H2. The van der Waals surface area contributed by atoms with Crippen molar-refractivity contribution in [2.24, 2.45) is 0 Å². The molecule has 1 N–H and O–H groups in total. The maximum Gasteiger partial charge on any atom is 0.345 e. The third-order valence-corrected chi connectivity index (χ3v) is 2.16. The van der Waals surface area contributed by atoms with Gasteiger partial charge in [-0.2, -0.15) is 0 Å². The lowest BCUT2D eigenvalue weighted by Crippen LogP contribution is -2.16. The second-order valence-corrected chi connectivity index (χ2v) is 3.38. The predicted molar refractivity (Wildman–Crippen MR) is 61.8 cm³/mol. The van der Waals surface area contributed by atoms with Gasteiger partial charge in [-0.15, -0.1) is 0 Å². The lowest BCUT2D eigenvalue weighted by molar-refractivity contribution is -0.0334. The quantitative estimate of drug-likeness (QED) is 0.713. The van der Waals surface area contributed by atoms with Crippen LogP contribution >= 0.6 is 0 Å². The minimum atomic E-state index is -0.330. The monoisotopic (exact) mass is 235 g/mol. The minimum absolute atomic E-state index is 0.330. The van der Waals surface area contributed by atoms with Crippen molar-refractivity contribution in [1.29, 1.82) is 0 Å². The maximum absolute atomic E-state index is 10.7. The van der Waals surface area contributed by atoms with Crippen molar-refractivity contribution < 1.29 is 9.47 Å². The summed E-state index contributed by atoms with van der Waals surface area (Å²) in [5, 5.41) is 0.840. The van der Waals surface area contributed by atoms with Gasteiger partial charge in [0.2, 0.25) is 0 Å². The molecule has 0 radical (unpaired) electrons. The fraction of sp³-hybridized carbons (Fsp3) is 0.364. The van der Waals surface area contributed by atoms with Crippen LogP contribution in [0.15, 0.2) is 29.5 Å². The molecule has 0 saturated carbocycles. The predicted octanol–water partition coefficient (Wildman–Crippen LogP) is 0.351. The average molecular weight is 235 g/mol. The van der Waals surface area contributed by atoms with E-state index in [0.717, 1.165) is 37.3 Å². The van der Waals surface area contributed by atoms with Crippen LogP contribution in [0.2, 0.25) is 0 Å². The van der Waals surface area contributed by atoms with Gasteiger partial charge in [-0.25, -0.2) is 9.78 Å². The Morgan fingerprint density at radius 2 is 1.82 bits per heavy atom. The number of nitrogens with one attached hydrogen (secondary N) is 1. The number of H-pyrrole nitrogens is 1. The summed E-state index contributed by atoms with van der Waals surface area (Å²) >= 11 is 0. The molecule has 0 spiro atoms. The molecule has 0 aromatic carbocycles. The Kier molecular flexibility index (Phi) is 4.17. The maximum atomic E-state index is 10.7. The number of ether oxygens (including phenoxy) is 2. The number of pyridine rings is 1. The zero-order valence-electron chi connectivity index (χ0n) is 9.26. The van der Waals surface area contributed by atoms with Gasteiger partial charge in [0.1, 0.15) is 0 Å². The first-order valence-corrected chi connectivity index (χ1v) is 5.31. The molecule has 1 aliphatic heterocycles. The van der Waals surface area contributed by atoms with Crippen molar-refractivity contribution >= 4 is 10.9 Å². The highest BCUT2D eigenvalue weighted by Crippen LogP contribution is 2.02. The van der Waals surface area contributed by atoms with Gasteiger partial charge < -0.3 is 14.5 Å². The van der Waals surface area contributed by atoms with E-state index in [1.165, 1.54) is 6.20 Å². The molecule has 3 heterocycles. The Hall–Kier alpha value is -1.79. The normalized spacial score (nSPS) is 15.1. The Balaban J connectivity index is 0.000000153. The molecular weight excluding hydrogens is 222 g/mol. The summed E-state index contributed by atoms with van der Waals surface area (Å²) in [6.45, 7) is 3.11. The second kappa shape index (κ2) is 6.07. The van der Waals surface area contributed by atoms with Gasteiger partial charge in [-0.1, -0.05) is 0 Å². The van der Waals surface area contributed by atoms with Crippen molar-refractivity contribution in [2.45, 2.75) is 0 Å². The highest BCUT2D eigenvalue weighted by atomic mass is 16.6. The molecule has 2 aromatic heterocycles. The summed E-state index contributed by atoms with van der Waals surface area (Å²) in [6.07, 6.45) is 4.78. The molecule has 1 saturated heterocycles. The van der Waals surface area contributed by atoms with Crippen molar-refractivity contribution in [3.8, 4) is 0 Å². The van der Waals surface area contributed by atoms with Crippen LogP contribution < -0.4 is 5.69 Å². The number of aromatic amines is 1. The lowest BCUT2D eigenvalue weighted by Gasteiger charge is -2.09. The van der Waals surface area contributed by atoms with Crippen LogP contribution in [0.4, 0.5) is 0 Å². The lowest BCUT2D eigenvalue weighted by atomic mass is 10.3. The highest BCUT2D eigenvalue weighted by molar-refractivity contribution is 5.75. The molecule has 6 nitrogen and oxygen atoms in total. The fourth-order valence-electron chi connectivity index (χ4n) is 1.34. The van der Waals surface area contributed by atoms with E-state index in [9.17, 15) is 4.79 Å². The number of hydrogen-bond acceptors (Lipinski definition) is 5. The SMILES string of the molecule is C1COCCO1.O=c1ncc2cnccc2[nH]1. The molecule has 3 rings (SSSR count). The molecular formula is C11H13N3O3. The molecule has 6 heteroatoms. The summed E-state index contributed by atoms with van der Waals surface area (Å²) in [4.78, 5) is 20.7. The van der Waals surface area contributed by atoms with E-state index in [1.54, 1.807) is 18.5 Å². The molecule has 0 unspecified atom stereocenters. The molecule has 17 heavy (non-hydrogen) atoms. The summed E-state index contributed by atoms with van der Waals surface area (Å²) in [6, 6.07) is 1.73. The second-order valence-electron chi connectivity index (χ2n) is 3.38. The van der Waals surface area contributed by atoms with E-state index in [4.69, 9.17) is 9.47 Å². The Morgan fingerprint density at radius 3 is 2.47 bits per heavy atom. The van der Waals surface area contributed by atoms with E-state index < -0.39 is 0 Å². The number of hydrogen-bond donors (Lipinski definition) is 1. The van der Waals surface area contributed by atoms with Crippen LogP contribution in [0.5, 0.6) is 0 Å². The molecule has 0 atom stereocenters. The van der Waals surface area contributed by atoms with E-state index in [2.05, 4.69) is 15.0 Å². The summed E-state index contributed by atoms with van der Waals surface area (Å²) < 4.78 is 9.89. The minimum Gasteiger partial charge on any atom is -0.377 e. The molecule has 0 aliphatic carbocycles. The van der Waals surface area contributed by atoms with Crippen LogP contribution in [0.3, 0.4) is 0 Å². The van der Waals surface area contributed by atoms with Gasteiger partial charge in [-0.05, 0) is 6.07 Å².